The van der Waals surface area contributed by atoms with Crippen molar-refractivity contribution in [2.75, 3.05) is 4.90 Å². The van der Waals surface area contributed by atoms with Crippen molar-refractivity contribution >= 4 is 23.1 Å². The average Bonchev–Trinajstić information content (AvgIpc) is 2.96. The number of nitrogens with zero attached hydrogens (tertiary/aromatic N) is 1. The molecule has 0 bridgehead atoms. The lowest BCUT2D eigenvalue weighted by Crippen LogP contribution is -2.45. The van der Waals surface area contributed by atoms with E-state index in [4.69, 9.17) is 0 Å². The van der Waals surface area contributed by atoms with Crippen LogP contribution in [0.1, 0.15) is 22.3 Å². The van der Waals surface area contributed by atoms with Crippen molar-refractivity contribution in [2.24, 2.45) is 0 Å². The summed E-state index contributed by atoms with van der Waals surface area (Å²) in [5, 5.41) is 23.0. The molecule has 0 radical (unpaired) electrons. The molecule has 30 heavy (non-hydrogen) atoms. The molecule has 0 aliphatic carbocycles. The van der Waals surface area contributed by atoms with Gasteiger partial charge in [0.25, 0.3) is 5.78 Å². The molecule has 3 aromatic carbocycles. The molecule has 5 nitrogen and oxygen atoms in total. The van der Waals surface area contributed by atoms with E-state index in [-0.39, 0.29) is 5.57 Å². The van der Waals surface area contributed by atoms with Crippen LogP contribution in [0.25, 0.3) is 5.76 Å². The summed E-state index contributed by atoms with van der Waals surface area (Å²) < 4.78 is 0. The topological polar surface area (TPSA) is 77.8 Å². The molecule has 1 heterocycles. The van der Waals surface area contributed by atoms with Crippen molar-refractivity contribution in [1.82, 2.24) is 0 Å². The van der Waals surface area contributed by atoms with Crippen molar-refractivity contribution in [3.8, 4) is 0 Å². The van der Waals surface area contributed by atoms with Crippen LogP contribution in [0, 0.1) is 13.8 Å². The number of aliphatic hydroxyl groups is 2. The van der Waals surface area contributed by atoms with Gasteiger partial charge in [-0.15, -0.1) is 0 Å². The first kappa shape index (κ1) is 19.6. The number of amides is 1. The van der Waals surface area contributed by atoms with Gasteiger partial charge in [-0.2, -0.15) is 0 Å². The Labute approximate surface area is 174 Å². The lowest BCUT2D eigenvalue weighted by Gasteiger charge is -2.35. The third-order valence-electron chi connectivity index (χ3n) is 5.35. The van der Waals surface area contributed by atoms with Crippen LogP contribution < -0.4 is 4.90 Å². The van der Waals surface area contributed by atoms with Gasteiger partial charge >= 0.3 is 5.91 Å². The Balaban J connectivity index is 2.04. The van der Waals surface area contributed by atoms with Gasteiger partial charge < -0.3 is 10.2 Å². The van der Waals surface area contributed by atoms with Crippen molar-refractivity contribution in [1.29, 1.82) is 0 Å². The maximum absolute atomic E-state index is 13.1. The zero-order valence-corrected chi connectivity index (χ0v) is 16.7. The van der Waals surface area contributed by atoms with E-state index in [1.165, 1.54) is 0 Å². The predicted molar refractivity (Wildman–Crippen MR) is 115 cm³/mol. The average molecular weight is 399 g/mol. The highest BCUT2D eigenvalue weighted by molar-refractivity contribution is 6.52. The third-order valence-corrected chi connectivity index (χ3v) is 5.35. The minimum absolute atomic E-state index is 0.307. The number of benzene rings is 3. The maximum atomic E-state index is 13.1. The molecule has 1 amide bonds. The van der Waals surface area contributed by atoms with Gasteiger partial charge in [-0.3, -0.25) is 14.5 Å². The van der Waals surface area contributed by atoms with E-state index in [0.29, 0.717) is 16.8 Å². The highest BCUT2D eigenvalue weighted by Crippen LogP contribution is 2.46. The summed E-state index contributed by atoms with van der Waals surface area (Å²) in [5.41, 5.74) is 0.250. The fourth-order valence-corrected chi connectivity index (χ4v) is 3.92. The molecule has 150 valence electrons. The fraction of sp³-hybridized carbons (Fsp3) is 0.120. The van der Waals surface area contributed by atoms with Crippen LogP contribution in [-0.4, -0.2) is 21.9 Å². The summed E-state index contributed by atoms with van der Waals surface area (Å²) in [6.45, 7) is 3.73. The molecular formula is C25H21NO4. The standard InChI is InChI=1S/C25H21NO4/c1-16-13-14-20(17(2)15-16)26-24(29)23(28)21(22(27)18-9-5-3-6-10-18)25(26,30)19-11-7-4-8-12-19/h3-15,27,30H,1-2H3/t25-/m1/s1. The number of aliphatic hydroxyl groups excluding tert-OH is 1. The van der Waals surface area contributed by atoms with E-state index >= 15 is 0 Å². The molecule has 0 unspecified atom stereocenters. The van der Waals surface area contributed by atoms with Crippen LogP contribution >= 0.6 is 0 Å². The van der Waals surface area contributed by atoms with Crippen LogP contribution in [-0.2, 0) is 15.3 Å². The lowest BCUT2D eigenvalue weighted by molar-refractivity contribution is -0.132. The Bertz CT molecular complexity index is 1170. The third kappa shape index (κ3) is 2.91. The Hall–Kier alpha value is -3.70. The van der Waals surface area contributed by atoms with E-state index in [9.17, 15) is 19.8 Å². The number of carbonyl (C=O) groups is 2. The summed E-state index contributed by atoms with van der Waals surface area (Å²) in [6, 6.07) is 22.2. The second-order valence-electron chi connectivity index (χ2n) is 7.39. The fourth-order valence-electron chi connectivity index (χ4n) is 3.92. The molecule has 2 N–H and O–H groups in total. The molecule has 3 aromatic rings. The second-order valence-corrected chi connectivity index (χ2v) is 7.39. The summed E-state index contributed by atoms with van der Waals surface area (Å²) in [7, 11) is 0. The highest BCUT2D eigenvalue weighted by atomic mass is 16.3. The number of Topliss-reactive ketones (excluding diaryl/α,β-unsaturated/α-hetero) is 1. The number of hydrogen-bond acceptors (Lipinski definition) is 4. The quantitative estimate of drug-likeness (QED) is 0.396. The summed E-state index contributed by atoms with van der Waals surface area (Å²) in [5.74, 6) is -2.26. The summed E-state index contributed by atoms with van der Waals surface area (Å²) >= 11 is 0. The van der Waals surface area contributed by atoms with Gasteiger partial charge in [0, 0.05) is 11.1 Å². The Morgan fingerprint density at radius 2 is 1.47 bits per heavy atom. The van der Waals surface area contributed by atoms with Crippen molar-refractivity contribution in [3.63, 3.8) is 0 Å². The van der Waals surface area contributed by atoms with E-state index < -0.39 is 23.2 Å². The first-order chi connectivity index (χ1) is 14.4. The number of hydrogen-bond donors (Lipinski definition) is 2. The van der Waals surface area contributed by atoms with Gasteiger partial charge in [0.05, 0.1) is 5.69 Å². The highest BCUT2D eigenvalue weighted by Gasteiger charge is 2.58. The van der Waals surface area contributed by atoms with Crippen LogP contribution in [0.15, 0.2) is 84.4 Å². The van der Waals surface area contributed by atoms with Gasteiger partial charge in [-0.1, -0.05) is 78.4 Å². The first-order valence-electron chi connectivity index (χ1n) is 9.59. The molecule has 1 fully saturated rings. The minimum atomic E-state index is -2.16. The number of aryl methyl sites for hydroxylation is 2. The van der Waals surface area contributed by atoms with Crippen molar-refractivity contribution in [3.05, 3.63) is 107 Å². The maximum Gasteiger partial charge on any atom is 0.302 e. The SMILES string of the molecule is Cc1ccc(N2C(=O)C(=O)C(=C(O)c3ccccc3)[C@]2(O)c2ccccc2)c(C)c1. The van der Waals surface area contributed by atoms with Crippen LogP contribution in [0.5, 0.6) is 0 Å². The molecule has 5 heteroatoms. The molecule has 4 rings (SSSR count). The van der Waals surface area contributed by atoms with E-state index in [0.717, 1.165) is 16.0 Å². The molecule has 0 aromatic heterocycles. The van der Waals surface area contributed by atoms with Crippen LogP contribution in [0.2, 0.25) is 0 Å². The van der Waals surface area contributed by atoms with Crippen LogP contribution in [0.3, 0.4) is 0 Å². The number of anilines is 1. The van der Waals surface area contributed by atoms with Gasteiger partial charge in [-0.05, 0) is 25.5 Å². The predicted octanol–water partition coefficient (Wildman–Crippen LogP) is 4.03. The molecule has 1 aliphatic heterocycles. The molecule has 1 aliphatic rings. The normalized spacial score (nSPS) is 20.6. The van der Waals surface area contributed by atoms with Gasteiger partial charge in [0.2, 0.25) is 5.72 Å². The largest absolute Gasteiger partial charge is 0.507 e. The summed E-state index contributed by atoms with van der Waals surface area (Å²) in [4.78, 5) is 27.3. The van der Waals surface area contributed by atoms with Gasteiger partial charge in [0.1, 0.15) is 11.3 Å². The molecule has 1 saturated heterocycles. The lowest BCUT2D eigenvalue weighted by atomic mass is 9.91. The van der Waals surface area contributed by atoms with E-state index in [1.54, 1.807) is 66.7 Å². The minimum Gasteiger partial charge on any atom is -0.507 e. The molecule has 0 spiro atoms. The van der Waals surface area contributed by atoms with Crippen molar-refractivity contribution in [2.45, 2.75) is 19.6 Å². The number of ketones is 1. The zero-order chi connectivity index (χ0) is 21.5. The van der Waals surface area contributed by atoms with Gasteiger partial charge in [-0.25, -0.2) is 0 Å². The van der Waals surface area contributed by atoms with E-state index in [1.807, 2.05) is 26.0 Å². The second kappa shape index (κ2) is 7.28. The monoisotopic (exact) mass is 399 g/mol. The Morgan fingerprint density at radius 1 is 0.867 bits per heavy atom. The van der Waals surface area contributed by atoms with Gasteiger partial charge in [0.15, 0.2) is 0 Å². The van der Waals surface area contributed by atoms with Crippen LogP contribution in [0.4, 0.5) is 5.69 Å². The summed E-state index contributed by atoms with van der Waals surface area (Å²) in [6.07, 6.45) is 0. The molecule has 1 atom stereocenters. The first-order valence-corrected chi connectivity index (χ1v) is 9.59. The number of carbonyl (C=O) groups excluding carboxylic acids is 2. The molecular weight excluding hydrogens is 378 g/mol. The Morgan fingerprint density at radius 3 is 2.07 bits per heavy atom. The van der Waals surface area contributed by atoms with E-state index in [2.05, 4.69) is 0 Å². The number of rotatable bonds is 3. The zero-order valence-electron chi connectivity index (χ0n) is 16.7. The van der Waals surface area contributed by atoms with Crippen molar-refractivity contribution < 1.29 is 19.8 Å². The Kier molecular flexibility index (Phi) is 4.76. The smallest absolute Gasteiger partial charge is 0.302 e. The molecule has 0 saturated carbocycles.